The van der Waals surface area contributed by atoms with E-state index in [4.69, 9.17) is 4.42 Å². The molecular weight excluding hydrogens is 268 g/mol. The molecule has 0 aliphatic rings. The molecule has 21 heavy (non-hydrogen) atoms. The molecule has 2 aromatic heterocycles. The summed E-state index contributed by atoms with van der Waals surface area (Å²) in [5.41, 5.74) is 2.98. The van der Waals surface area contributed by atoms with Gasteiger partial charge < -0.3 is 19.6 Å². The Morgan fingerprint density at radius 2 is 2.05 bits per heavy atom. The minimum atomic E-state index is -1.30. The van der Waals surface area contributed by atoms with Crippen LogP contribution in [0.5, 0.6) is 0 Å². The van der Waals surface area contributed by atoms with Crippen LogP contribution in [0.4, 0.5) is 5.69 Å². The number of hydrogen-bond donors (Lipinski definition) is 1. The molecule has 0 aliphatic carbocycles. The van der Waals surface area contributed by atoms with Gasteiger partial charge in [0, 0.05) is 35.3 Å². The van der Waals surface area contributed by atoms with E-state index < -0.39 is 5.97 Å². The lowest BCUT2D eigenvalue weighted by Gasteiger charge is -2.06. The Morgan fingerprint density at radius 1 is 1.29 bits per heavy atom. The molecule has 0 spiro atoms. The lowest BCUT2D eigenvalue weighted by molar-refractivity contribution is -0.377. The van der Waals surface area contributed by atoms with Crippen LogP contribution in [0.1, 0.15) is 21.7 Å². The minimum absolute atomic E-state index is 0.116. The molecule has 2 heterocycles. The number of pyridine rings is 1. The van der Waals surface area contributed by atoms with E-state index in [9.17, 15) is 9.90 Å². The van der Waals surface area contributed by atoms with Crippen molar-refractivity contribution in [3.8, 4) is 0 Å². The highest BCUT2D eigenvalue weighted by Gasteiger charge is 2.16. The highest BCUT2D eigenvalue weighted by molar-refractivity contribution is 5.95. The Morgan fingerprint density at radius 3 is 2.76 bits per heavy atom. The second-order valence-corrected chi connectivity index (χ2v) is 4.79. The van der Waals surface area contributed by atoms with E-state index in [1.54, 1.807) is 12.4 Å². The number of rotatable bonds is 4. The van der Waals surface area contributed by atoms with Crippen molar-refractivity contribution in [2.45, 2.75) is 13.5 Å². The van der Waals surface area contributed by atoms with Crippen molar-refractivity contribution in [1.82, 2.24) is 0 Å². The Bertz CT molecular complexity index is 794. The zero-order valence-corrected chi connectivity index (χ0v) is 11.5. The predicted octanol–water partition coefficient (Wildman–Crippen LogP) is 1.53. The number of furan rings is 1. The van der Waals surface area contributed by atoms with E-state index in [1.807, 2.05) is 37.3 Å². The summed E-state index contributed by atoms with van der Waals surface area (Å²) in [7, 11) is 0. The first-order chi connectivity index (χ1) is 10.2. The first kappa shape index (κ1) is 13.2. The number of hydrogen-bond acceptors (Lipinski definition) is 4. The molecule has 0 saturated heterocycles. The number of aromatic carboxylic acids is 1. The number of aryl methyl sites for hydroxylation is 1. The molecule has 0 radical (unpaired) electrons. The standard InChI is InChI=1S/C16H14N2O3/c1-10-3-2-4-12-13(15(16(19)20)21-14(10)12)9-18-11-5-7-17-8-6-11/h2-8H,9H2,1H3,(H,17,18)(H,19,20). The molecule has 2 N–H and O–H groups in total. The van der Waals surface area contributed by atoms with Gasteiger partial charge in [-0.25, -0.2) is 4.98 Å². The van der Waals surface area contributed by atoms with Gasteiger partial charge >= 0.3 is 0 Å². The van der Waals surface area contributed by atoms with Crippen LogP contribution < -0.4 is 15.4 Å². The number of aromatic nitrogens is 1. The van der Waals surface area contributed by atoms with E-state index in [-0.39, 0.29) is 5.76 Å². The highest BCUT2D eigenvalue weighted by atomic mass is 16.4. The summed E-state index contributed by atoms with van der Waals surface area (Å²) in [6, 6.07) is 9.36. The predicted molar refractivity (Wildman–Crippen MR) is 75.6 cm³/mol. The van der Waals surface area contributed by atoms with Crippen LogP contribution in [0.3, 0.4) is 0 Å². The van der Waals surface area contributed by atoms with E-state index >= 15 is 0 Å². The fraction of sp³-hybridized carbons (Fsp3) is 0.125. The maximum absolute atomic E-state index is 11.3. The smallest absolute Gasteiger partial charge is 0.169 e. The third-order valence-electron chi connectivity index (χ3n) is 3.39. The second kappa shape index (κ2) is 5.28. The summed E-state index contributed by atoms with van der Waals surface area (Å²) in [5, 5.41) is 15.3. The van der Waals surface area contributed by atoms with Crippen LogP contribution in [0, 0.1) is 6.92 Å². The summed E-state index contributed by atoms with van der Waals surface area (Å²) >= 11 is 0. The van der Waals surface area contributed by atoms with Crippen molar-refractivity contribution in [3.05, 3.63) is 59.6 Å². The summed E-state index contributed by atoms with van der Waals surface area (Å²) < 4.78 is 5.47. The van der Waals surface area contributed by atoms with Gasteiger partial charge in [0.1, 0.15) is 11.6 Å². The van der Waals surface area contributed by atoms with Crippen LogP contribution in [-0.2, 0) is 6.54 Å². The topological polar surface area (TPSA) is 79.4 Å². The number of fused-ring (bicyclic) bond motifs is 1. The molecule has 1 aromatic carbocycles. The van der Waals surface area contributed by atoms with E-state index in [0.29, 0.717) is 17.7 Å². The second-order valence-electron chi connectivity index (χ2n) is 4.79. The molecule has 106 valence electrons. The normalized spacial score (nSPS) is 10.7. The summed E-state index contributed by atoms with van der Waals surface area (Å²) in [6.45, 7) is 2.24. The number of benzene rings is 1. The Hall–Kier alpha value is -2.82. The number of carboxylic acids is 1. The van der Waals surface area contributed by atoms with Gasteiger partial charge in [-0.15, -0.1) is 0 Å². The van der Waals surface area contributed by atoms with Gasteiger partial charge in [-0.05, 0) is 12.5 Å². The van der Waals surface area contributed by atoms with Crippen molar-refractivity contribution in [2.75, 3.05) is 5.32 Å². The molecule has 0 amide bonds. The fourth-order valence-corrected chi connectivity index (χ4v) is 2.35. The quantitative estimate of drug-likeness (QED) is 0.787. The van der Waals surface area contributed by atoms with E-state index in [1.165, 1.54) is 0 Å². The van der Waals surface area contributed by atoms with Crippen molar-refractivity contribution < 1.29 is 19.3 Å². The summed E-state index contributed by atoms with van der Waals surface area (Å²) in [5.74, 6) is -1.42. The number of carbonyl (C=O) groups is 1. The van der Waals surface area contributed by atoms with Gasteiger partial charge in [0.05, 0.1) is 0 Å². The summed E-state index contributed by atoms with van der Waals surface area (Å²) in [4.78, 5) is 14.2. The first-order valence-electron chi connectivity index (χ1n) is 6.59. The molecule has 0 unspecified atom stereocenters. The van der Waals surface area contributed by atoms with Crippen molar-refractivity contribution >= 4 is 22.6 Å². The number of para-hydroxylation sites is 1. The minimum Gasteiger partial charge on any atom is -0.542 e. The van der Waals surface area contributed by atoms with E-state index in [2.05, 4.69) is 10.3 Å². The van der Waals surface area contributed by atoms with Crippen LogP contribution >= 0.6 is 0 Å². The van der Waals surface area contributed by atoms with Crippen LogP contribution in [0.15, 0.2) is 47.1 Å². The van der Waals surface area contributed by atoms with Crippen molar-refractivity contribution in [1.29, 1.82) is 0 Å². The maximum Gasteiger partial charge on any atom is 0.169 e. The third-order valence-corrected chi connectivity index (χ3v) is 3.39. The SMILES string of the molecule is Cc1cccc2c(CNc3cc[nH+]cc3)c(C(=O)[O-])oc12. The number of aromatic amines is 1. The van der Waals surface area contributed by atoms with Gasteiger partial charge in [0.15, 0.2) is 18.2 Å². The average molecular weight is 282 g/mol. The van der Waals surface area contributed by atoms with Gasteiger partial charge in [-0.2, -0.15) is 0 Å². The molecule has 0 fully saturated rings. The lowest BCUT2D eigenvalue weighted by atomic mass is 10.1. The molecule has 3 aromatic rings. The number of carboxylic acid groups (broad SMARTS) is 1. The molecule has 0 aliphatic heterocycles. The number of carbonyl (C=O) groups excluding carboxylic acids is 1. The number of anilines is 1. The van der Waals surface area contributed by atoms with Gasteiger partial charge in [0.2, 0.25) is 0 Å². The first-order valence-corrected chi connectivity index (χ1v) is 6.59. The van der Waals surface area contributed by atoms with Crippen LogP contribution in [-0.4, -0.2) is 5.97 Å². The Balaban J connectivity index is 2.02. The van der Waals surface area contributed by atoms with Gasteiger partial charge in [-0.1, -0.05) is 18.2 Å². The molecule has 3 rings (SSSR count). The van der Waals surface area contributed by atoms with Crippen molar-refractivity contribution in [2.24, 2.45) is 0 Å². The van der Waals surface area contributed by atoms with Gasteiger partial charge in [0.25, 0.3) is 0 Å². The number of H-pyrrole nitrogens is 1. The zero-order valence-electron chi connectivity index (χ0n) is 11.5. The molecule has 5 heteroatoms. The monoisotopic (exact) mass is 282 g/mol. The summed E-state index contributed by atoms with van der Waals surface area (Å²) in [6.07, 6.45) is 3.58. The number of nitrogens with one attached hydrogen (secondary N) is 2. The third kappa shape index (κ3) is 2.45. The van der Waals surface area contributed by atoms with E-state index in [0.717, 1.165) is 16.6 Å². The Kier molecular flexibility index (Phi) is 3.31. The Labute approximate surface area is 121 Å². The molecule has 0 saturated carbocycles. The average Bonchev–Trinajstić information content (AvgIpc) is 2.87. The molecular formula is C16H14N2O3. The molecule has 0 atom stereocenters. The van der Waals surface area contributed by atoms with Crippen molar-refractivity contribution in [3.63, 3.8) is 0 Å². The fourth-order valence-electron chi connectivity index (χ4n) is 2.35. The van der Waals surface area contributed by atoms with Crippen LogP contribution in [0.25, 0.3) is 11.0 Å². The molecule has 0 bridgehead atoms. The largest absolute Gasteiger partial charge is 0.542 e. The zero-order chi connectivity index (χ0) is 14.8. The maximum atomic E-state index is 11.3. The highest BCUT2D eigenvalue weighted by Crippen LogP contribution is 2.28. The molecule has 5 nitrogen and oxygen atoms in total. The van der Waals surface area contributed by atoms with Crippen LogP contribution in [0.2, 0.25) is 0 Å². The van der Waals surface area contributed by atoms with Gasteiger partial charge in [-0.3, -0.25) is 0 Å². The lowest BCUT2D eigenvalue weighted by Crippen LogP contribution is -2.23.